The molecule has 0 unspecified atom stereocenters. The average Bonchev–Trinajstić information content (AvgIpc) is 2.18. The Morgan fingerprint density at radius 2 is 2.38 bits per heavy atom. The number of nitriles is 1. The van der Waals surface area contributed by atoms with Crippen LogP contribution in [-0.4, -0.2) is 13.1 Å². The van der Waals surface area contributed by atoms with Gasteiger partial charge in [-0.1, -0.05) is 36.6 Å². The van der Waals surface area contributed by atoms with E-state index in [-0.39, 0.29) is 5.84 Å². The molecule has 0 bridgehead atoms. The van der Waals surface area contributed by atoms with E-state index < -0.39 is 0 Å². The minimum atomic E-state index is 0.151. The van der Waals surface area contributed by atoms with Crippen LogP contribution in [0.15, 0.2) is 24.3 Å². The van der Waals surface area contributed by atoms with Crippen molar-refractivity contribution in [2.75, 3.05) is 0 Å². The first-order valence-corrected chi connectivity index (χ1v) is 4.11. The van der Waals surface area contributed by atoms with Crippen LogP contribution in [-0.2, 0) is 0 Å². The Kier molecular flexibility index (Phi) is 3.10. The maximum Gasteiger partial charge on any atom is 0.182 e. The van der Waals surface area contributed by atoms with Gasteiger partial charge in [-0.25, -0.2) is 0 Å². The fourth-order valence-electron chi connectivity index (χ4n) is 1.07. The highest BCUT2D eigenvalue weighted by Gasteiger charge is 1.99. The standard InChI is InChI=1S/C9H10BN3/c1-10-8-4-2-3-7(5-8)9(12)13-6-11/h2-5,10H,1H3,(H2,12,13). The minimum Gasteiger partial charge on any atom is -0.283 e. The predicted molar refractivity (Wildman–Crippen MR) is 54.7 cm³/mol. The Balaban J connectivity index is 2.89. The van der Waals surface area contributed by atoms with Crippen LogP contribution in [0.5, 0.6) is 0 Å². The zero-order valence-electron chi connectivity index (χ0n) is 7.46. The van der Waals surface area contributed by atoms with E-state index in [9.17, 15) is 0 Å². The molecule has 0 aromatic heterocycles. The first-order valence-electron chi connectivity index (χ1n) is 4.11. The molecule has 0 saturated heterocycles. The number of amidine groups is 1. The average molecular weight is 171 g/mol. The lowest BCUT2D eigenvalue weighted by atomic mass is 9.73. The summed E-state index contributed by atoms with van der Waals surface area (Å²) < 4.78 is 0. The second-order valence-corrected chi connectivity index (χ2v) is 2.67. The van der Waals surface area contributed by atoms with Crippen LogP contribution in [0.3, 0.4) is 0 Å². The Morgan fingerprint density at radius 1 is 1.62 bits per heavy atom. The van der Waals surface area contributed by atoms with E-state index in [0.717, 1.165) is 12.8 Å². The molecule has 0 fully saturated rings. The van der Waals surface area contributed by atoms with Crippen molar-refractivity contribution in [3.05, 3.63) is 29.8 Å². The fraction of sp³-hybridized carbons (Fsp3) is 0.111. The number of nitrogens with zero attached hydrogens (tertiary/aromatic N) is 1. The van der Waals surface area contributed by atoms with Crippen molar-refractivity contribution >= 4 is 18.6 Å². The summed E-state index contributed by atoms with van der Waals surface area (Å²) >= 11 is 0. The molecule has 0 saturated carbocycles. The highest BCUT2D eigenvalue weighted by Crippen LogP contribution is 1.95. The maximum atomic E-state index is 8.32. The molecular formula is C9H10BN3. The van der Waals surface area contributed by atoms with Gasteiger partial charge in [0.2, 0.25) is 0 Å². The summed E-state index contributed by atoms with van der Waals surface area (Å²) in [6, 6.07) is 7.61. The van der Waals surface area contributed by atoms with Crippen LogP contribution in [0, 0.1) is 16.9 Å². The zero-order valence-corrected chi connectivity index (χ0v) is 7.46. The highest BCUT2D eigenvalue weighted by atomic mass is 14.9. The summed E-state index contributed by atoms with van der Waals surface area (Å²) in [5.74, 6) is 0.151. The van der Waals surface area contributed by atoms with Gasteiger partial charge in [0.05, 0.1) is 0 Å². The molecule has 0 aliphatic rings. The van der Waals surface area contributed by atoms with Crippen molar-refractivity contribution in [2.24, 2.45) is 0 Å². The van der Waals surface area contributed by atoms with Gasteiger partial charge < -0.3 is 0 Å². The molecular weight excluding hydrogens is 161 g/mol. The fourth-order valence-corrected chi connectivity index (χ4v) is 1.07. The predicted octanol–water partition coefficient (Wildman–Crippen LogP) is 0.193. The topological polar surface area (TPSA) is 59.7 Å². The number of nitrogens with one attached hydrogen (secondary N) is 2. The van der Waals surface area contributed by atoms with E-state index in [4.69, 9.17) is 10.7 Å². The van der Waals surface area contributed by atoms with Gasteiger partial charge in [-0.15, -0.1) is 0 Å². The largest absolute Gasteiger partial charge is 0.283 e. The van der Waals surface area contributed by atoms with Gasteiger partial charge in [-0.3, -0.25) is 10.7 Å². The van der Waals surface area contributed by atoms with Gasteiger partial charge in [0.15, 0.2) is 13.5 Å². The van der Waals surface area contributed by atoms with Gasteiger partial charge in [-0.2, -0.15) is 5.26 Å². The van der Waals surface area contributed by atoms with Crippen LogP contribution >= 0.6 is 0 Å². The van der Waals surface area contributed by atoms with Crippen molar-refractivity contribution in [1.29, 1.82) is 10.7 Å². The number of hydrogen-bond acceptors (Lipinski definition) is 2. The Hall–Kier alpha value is -1.76. The summed E-state index contributed by atoms with van der Waals surface area (Å²) in [6.07, 6.45) is 1.73. The van der Waals surface area contributed by atoms with E-state index in [1.54, 1.807) is 6.19 Å². The third-order valence-electron chi connectivity index (χ3n) is 1.80. The number of hydrogen-bond donors (Lipinski definition) is 2. The molecule has 0 spiro atoms. The van der Waals surface area contributed by atoms with Crippen molar-refractivity contribution in [3.63, 3.8) is 0 Å². The number of rotatable bonds is 2. The molecule has 1 aromatic carbocycles. The van der Waals surface area contributed by atoms with Crippen molar-refractivity contribution < 1.29 is 0 Å². The Bertz CT molecular complexity index is 354. The highest BCUT2D eigenvalue weighted by molar-refractivity contribution is 6.52. The van der Waals surface area contributed by atoms with E-state index in [0.29, 0.717) is 0 Å². The smallest absolute Gasteiger partial charge is 0.182 e. The van der Waals surface area contributed by atoms with Crippen LogP contribution < -0.4 is 10.8 Å². The van der Waals surface area contributed by atoms with Gasteiger partial charge in [0.1, 0.15) is 5.84 Å². The lowest BCUT2D eigenvalue weighted by Gasteiger charge is -2.02. The van der Waals surface area contributed by atoms with Crippen molar-refractivity contribution in [2.45, 2.75) is 6.82 Å². The molecule has 0 amide bonds. The lowest BCUT2D eigenvalue weighted by Crippen LogP contribution is -2.20. The second kappa shape index (κ2) is 4.32. The monoisotopic (exact) mass is 171 g/mol. The lowest BCUT2D eigenvalue weighted by molar-refractivity contribution is 1.22. The van der Waals surface area contributed by atoms with Crippen LogP contribution in [0.1, 0.15) is 5.56 Å². The molecule has 13 heavy (non-hydrogen) atoms. The van der Waals surface area contributed by atoms with Crippen molar-refractivity contribution in [3.8, 4) is 6.19 Å². The van der Waals surface area contributed by atoms with Crippen molar-refractivity contribution in [1.82, 2.24) is 5.32 Å². The first kappa shape index (κ1) is 9.33. The quantitative estimate of drug-likeness (QED) is 0.219. The van der Waals surface area contributed by atoms with Gasteiger partial charge >= 0.3 is 0 Å². The third kappa shape index (κ3) is 2.34. The first-order chi connectivity index (χ1) is 6.27. The Labute approximate surface area is 78.1 Å². The van der Waals surface area contributed by atoms with Gasteiger partial charge in [-0.05, 0) is 0 Å². The molecule has 3 nitrogen and oxygen atoms in total. The third-order valence-corrected chi connectivity index (χ3v) is 1.80. The normalized spacial score (nSPS) is 8.62. The van der Waals surface area contributed by atoms with E-state index in [2.05, 4.69) is 12.1 Å². The van der Waals surface area contributed by atoms with E-state index in [1.807, 2.05) is 24.3 Å². The molecule has 0 aliphatic carbocycles. The molecule has 1 rings (SSSR count). The Morgan fingerprint density at radius 3 is 3.00 bits per heavy atom. The van der Waals surface area contributed by atoms with Crippen LogP contribution in [0.4, 0.5) is 0 Å². The molecule has 1 aromatic rings. The van der Waals surface area contributed by atoms with E-state index in [1.165, 1.54) is 5.46 Å². The van der Waals surface area contributed by atoms with Gasteiger partial charge in [0.25, 0.3) is 0 Å². The van der Waals surface area contributed by atoms with E-state index >= 15 is 0 Å². The summed E-state index contributed by atoms with van der Waals surface area (Å²) in [7, 11) is 0.938. The molecule has 0 atom stereocenters. The molecule has 2 N–H and O–H groups in total. The second-order valence-electron chi connectivity index (χ2n) is 2.67. The SMILES string of the molecule is CBc1cccc(C(=N)NC#N)c1. The molecule has 0 radical (unpaired) electrons. The number of benzene rings is 1. The summed E-state index contributed by atoms with van der Waals surface area (Å²) in [4.78, 5) is 0. The zero-order chi connectivity index (χ0) is 9.68. The summed E-state index contributed by atoms with van der Waals surface area (Å²) in [5.41, 5.74) is 1.92. The molecule has 0 aliphatic heterocycles. The summed E-state index contributed by atoms with van der Waals surface area (Å²) in [5, 5.41) is 18.1. The van der Waals surface area contributed by atoms with Gasteiger partial charge in [0, 0.05) is 5.56 Å². The van der Waals surface area contributed by atoms with Crippen LogP contribution in [0.25, 0.3) is 0 Å². The molecule has 0 heterocycles. The molecule has 4 heteroatoms. The maximum absolute atomic E-state index is 8.32. The minimum absolute atomic E-state index is 0.151. The summed E-state index contributed by atoms with van der Waals surface area (Å²) in [6.45, 7) is 2.06. The van der Waals surface area contributed by atoms with Crippen LogP contribution in [0.2, 0.25) is 6.82 Å². The molecule has 64 valence electrons.